The van der Waals surface area contributed by atoms with E-state index in [1.54, 1.807) is 12.1 Å². The number of hydrogen-bond donors (Lipinski definition) is 1. The van der Waals surface area contributed by atoms with Crippen molar-refractivity contribution in [3.63, 3.8) is 0 Å². The lowest BCUT2D eigenvalue weighted by Gasteiger charge is -2.07. The van der Waals surface area contributed by atoms with Gasteiger partial charge < -0.3 is 9.84 Å². The standard InChI is InChI=1S/C11H14O2.C10H12O2/c1-7-5-10(11(12)13-4)6-8(2)9(7)3;1-6-4-9(10(11)12)5-7(2)8(6)3/h5-6H,1-4H3;4-5H,1-3H3,(H,11,12). The van der Waals surface area contributed by atoms with Crippen molar-refractivity contribution in [2.75, 3.05) is 7.11 Å². The molecule has 0 fully saturated rings. The molecule has 0 bridgehead atoms. The first kappa shape index (κ1) is 20.4. The van der Waals surface area contributed by atoms with E-state index in [1.807, 2.05) is 53.7 Å². The van der Waals surface area contributed by atoms with Crippen LogP contribution in [0.25, 0.3) is 0 Å². The molecule has 4 nitrogen and oxygen atoms in total. The normalized spacial score (nSPS) is 9.88. The largest absolute Gasteiger partial charge is 0.478 e. The molecule has 2 rings (SSSR count). The van der Waals surface area contributed by atoms with Crippen molar-refractivity contribution in [2.45, 2.75) is 41.5 Å². The number of carboxylic acid groups (broad SMARTS) is 1. The Balaban J connectivity index is 0.000000251. The van der Waals surface area contributed by atoms with Gasteiger partial charge in [0.25, 0.3) is 0 Å². The van der Waals surface area contributed by atoms with E-state index in [0.29, 0.717) is 11.1 Å². The third-order valence-corrected chi connectivity index (χ3v) is 4.52. The van der Waals surface area contributed by atoms with E-state index < -0.39 is 5.97 Å². The summed E-state index contributed by atoms with van der Waals surface area (Å²) in [5.74, 6) is -1.13. The lowest BCUT2D eigenvalue weighted by molar-refractivity contribution is 0.0599. The second-order valence-electron chi connectivity index (χ2n) is 6.27. The highest BCUT2D eigenvalue weighted by molar-refractivity contribution is 5.90. The highest BCUT2D eigenvalue weighted by Crippen LogP contribution is 2.16. The van der Waals surface area contributed by atoms with Gasteiger partial charge in [-0.2, -0.15) is 0 Å². The SMILES string of the molecule is COC(=O)c1cc(C)c(C)c(C)c1.Cc1cc(C(=O)O)cc(C)c1C. The molecule has 0 saturated carbocycles. The summed E-state index contributed by atoms with van der Waals surface area (Å²) < 4.78 is 4.65. The van der Waals surface area contributed by atoms with Crippen LogP contribution in [0.1, 0.15) is 54.1 Å². The molecule has 0 aliphatic rings. The highest BCUT2D eigenvalue weighted by Gasteiger charge is 2.08. The first-order valence-corrected chi connectivity index (χ1v) is 8.05. The topological polar surface area (TPSA) is 63.6 Å². The van der Waals surface area contributed by atoms with Crippen molar-refractivity contribution in [2.24, 2.45) is 0 Å². The quantitative estimate of drug-likeness (QED) is 0.803. The molecule has 0 unspecified atom stereocenters. The van der Waals surface area contributed by atoms with Gasteiger partial charge in [-0.1, -0.05) is 0 Å². The predicted molar refractivity (Wildman–Crippen MR) is 99.6 cm³/mol. The van der Waals surface area contributed by atoms with Gasteiger partial charge in [0.15, 0.2) is 0 Å². The predicted octanol–water partition coefficient (Wildman–Crippen LogP) is 4.71. The van der Waals surface area contributed by atoms with Gasteiger partial charge in [-0.05, 0) is 99.2 Å². The molecule has 0 aromatic heterocycles. The van der Waals surface area contributed by atoms with Gasteiger partial charge >= 0.3 is 11.9 Å². The van der Waals surface area contributed by atoms with E-state index in [9.17, 15) is 9.59 Å². The van der Waals surface area contributed by atoms with E-state index in [-0.39, 0.29) is 5.97 Å². The Kier molecular flexibility index (Phi) is 6.92. The number of methoxy groups -OCH3 is 1. The average Bonchev–Trinajstić information content (AvgIpc) is 2.56. The van der Waals surface area contributed by atoms with Crippen LogP contribution >= 0.6 is 0 Å². The number of aromatic carboxylic acids is 1. The van der Waals surface area contributed by atoms with Crippen LogP contribution < -0.4 is 0 Å². The zero-order chi connectivity index (χ0) is 19.3. The molecule has 134 valence electrons. The Morgan fingerprint density at radius 1 is 0.720 bits per heavy atom. The van der Waals surface area contributed by atoms with Crippen LogP contribution in [0.3, 0.4) is 0 Å². The summed E-state index contributed by atoms with van der Waals surface area (Å²) in [5, 5.41) is 8.72. The van der Waals surface area contributed by atoms with E-state index >= 15 is 0 Å². The Hall–Kier alpha value is -2.62. The summed E-state index contributed by atoms with van der Waals surface area (Å²) in [6, 6.07) is 7.11. The number of carboxylic acids is 1. The van der Waals surface area contributed by atoms with Gasteiger partial charge in [0.1, 0.15) is 0 Å². The lowest BCUT2D eigenvalue weighted by Crippen LogP contribution is -2.03. The number of aryl methyl sites for hydroxylation is 4. The molecule has 0 heterocycles. The molecule has 0 saturated heterocycles. The summed E-state index contributed by atoms with van der Waals surface area (Å²) in [7, 11) is 1.40. The highest BCUT2D eigenvalue weighted by atomic mass is 16.5. The van der Waals surface area contributed by atoms with E-state index in [1.165, 1.54) is 18.2 Å². The number of benzene rings is 2. The molecule has 2 aromatic carbocycles. The molecule has 0 aliphatic heterocycles. The maximum absolute atomic E-state index is 11.2. The Labute approximate surface area is 149 Å². The fraction of sp³-hybridized carbons (Fsp3) is 0.333. The molecule has 0 aliphatic carbocycles. The molecule has 0 radical (unpaired) electrons. The molecule has 0 spiro atoms. The van der Waals surface area contributed by atoms with Crippen LogP contribution in [0.4, 0.5) is 0 Å². The van der Waals surface area contributed by atoms with E-state index in [2.05, 4.69) is 4.74 Å². The number of ether oxygens (including phenoxy) is 1. The molecule has 1 N–H and O–H groups in total. The van der Waals surface area contributed by atoms with Gasteiger partial charge in [0.2, 0.25) is 0 Å². The van der Waals surface area contributed by atoms with Crippen LogP contribution in [0.5, 0.6) is 0 Å². The summed E-state index contributed by atoms with van der Waals surface area (Å²) in [5.41, 5.74) is 7.71. The summed E-state index contributed by atoms with van der Waals surface area (Å²) >= 11 is 0. The minimum atomic E-state index is -0.860. The van der Waals surface area contributed by atoms with Gasteiger partial charge in [0, 0.05) is 0 Å². The van der Waals surface area contributed by atoms with Gasteiger partial charge in [-0.3, -0.25) is 0 Å². The lowest BCUT2D eigenvalue weighted by atomic mass is 10.0. The number of carbonyl (C=O) groups excluding carboxylic acids is 1. The minimum Gasteiger partial charge on any atom is -0.478 e. The zero-order valence-corrected chi connectivity index (χ0v) is 16.0. The number of rotatable bonds is 2. The number of esters is 1. The van der Waals surface area contributed by atoms with Crippen LogP contribution in [0.15, 0.2) is 24.3 Å². The Bertz CT molecular complexity index is 758. The van der Waals surface area contributed by atoms with Crippen LogP contribution in [0.2, 0.25) is 0 Å². The molecular weight excluding hydrogens is 316 g/mol. The second kappa shape index (κ2) is 8.47. The van der Waals surface area contributed by atoms with Crippen molar-refractivity contribution in [3.05, 3.63) is 68.8 Å². The van der Waals surface area contributed by atoms with Gasteiger partial charge in [-0.25, -0.2) is 9.59 Å². The maximum atomic E-state index is 11.2. The van der Waals surface area contributed by atoms with Crippen LogP contribution in [-0.2, 0) is 4.74 Å². The minimum absolute atomic E-state index is 0.272. The Morgan fingerprint density at radius 2 is 1.04 bits per heavy atom. The van der Waals surface area contributed by atoms with Crippen LogP contribution in [-0.4, -0.2) is 24.2 Å². The fourth-order valence-electron chi connectivity index (χ4n) is 2.43. The van der Waals surface area contributed by atoms with Crippen molar-refractivity contribution >= 4 is 11.9 Å². The van der Waals surface area contributed by atoms with Crippen LogP contribution in [0, 0.1) is 41.5 Å². The summed E-state index contributed by atoms with van der Waals surface area (Å²) in [4.78, 5) is 21.8. The van der Waals surface area contributed by atoms with Crippen molar-refractivity contribution in [3.8, 4) is 0 Å². The summed E-state index contributed by atoms with van der Waals surface area (Å²) in [6.45, 7) is 11.9. The Morgan fingerprint density at radius 3 is 1.32 bits per heavy atom. The monoisotopic (exact) mass is 342 g/mol. The molecular formula is C21H26O4. The second-order valence-corrected chi connectivity index (χ2v) is 6.27. The molecule has 0 atom stereocenters. The van der Waals surface area contributed by atoms with E-state index in [4.69, 9.17) is 5.11 Å². The molecule has 0 amide bonds. The average molecular weight is 342 g/mol. The third-order valence-electron chi connectivity index (χ3n) is 4.52. The first-order valence-electron chi connectivity index (χ1n) is 8.05. The smallest absolute Gasteiger partial charge is 0.337 e. The van der Waals surface area contributed by atoms with Crippen molar-refractivity contribution in [1.82, 2.24) is 0 Å². The molecule has 2 aromatic rings. The summed E-state index contributed by atoms with van der Waals surface area (Å²) in [6.07, 6.45) is 0. The number of carbonyl (C=O) groups is 2. The van der Waals surface area contributed by atoms with Crippen molar-refractivity contribution < 1.29 is 19.4 Å². The molecule has 25 heavy (non-hydrogen) atoms. The fourth-order valence-corrected chi connectivity index (χ4v) is 2.43. The van der Waals surface area contributed by atoms with Crippen molar-refractivity contribution in [1.29, 1.82) is 0 Å². The van der Waals surface area contributed by atoms with E-state index in [0.717, 1.165) is 22.3 Å². The maximum Gasteiger partial charge on any atom is 0.337 e. The van der Waals surface area contributed by atoms with Gasteiger partial charge in [0.05, 0.1) is 18.2 Å². The van der Waals surface area contributed by atoms with Gasteiger partial charge in [-0.15, -0.1) is 0 Å². The molecule has 4 heteroatoms. The number of hydrogen-bond acceptors (Lipinski definition) is 3. The zero-order valence-electron chi connectivity index (χ0n) is 16.0. The first-order chi connectivity index (χ1) is 11.6. The third kappa shape index (κ3) is 5.18.